The third-order valence-electron chi connectivity index (χ3n) is 2.34. The van der Waals surface area contributed by atoms with Gasteiger partial charge < -0.3 is 5.32 Å². The van der Waals surface area contributed by atoms with Crippen LogP contribution in [0.2, 0.25) is 0 Å². The molecule has 1 heteroatoms. The van der Waals surface area contributed by atoms with Crippen LogP contribution in [-0.4, -0.2) is 12.1 Å². The van der Waals surface area contributed by atoms with E-state index in [-0.39, 0.29) is 6.04 Å². The number of nitrogens with one attached hydrogen (secondary N) is 1. The second-order valence-corrected chi connectivity index (χ2v) is 3.41. The zero-order chi connectivity index (χ0) is 8.27. The fourth-order valence-electron chi connectivity index (χ4n) is 1.46. The number of terminal acetylenes is 1. The smallest absolute Gasteiger partial charge is 0.0660 e. The highest BCUT2D eigenvalue weighted by atomic mass is 15.0. The second-order valence-electron chi connectivity index (χ2n) is 3.41. The van der Waals surface area contributed by atoms with Crippen LogP contribution in [0.5, 0.6) is 0 Å². The molecule has 0 heterocycles. The highest BCUT2D eigenvalue weighted by Gasteiger charge is 2.29. The highest BCUT2D eigenvalue weighted by molar-refractivity contribution is 4.99. The van der Waals surface area contributed by atoms with Crippen molar-refractivity contribution in [2.24, 2.45) is 5.92 Å². The Morgan fingerprint density at radius 3 is 2.64 bits per heavy atom. The molecule has 0 aliphatic heterocycles. The lowest BCUT2D eigenvalue weighted by Gasteiger charge is -2.18. The summed E-state index contributed by atoms with van der Waals surface area (Å²) in [5.74, 6) is 3.61. The quantitative estimate of drug-likeness (QED) is 0.604. The van der Waals surface area contributed by atoms with Gasteiger partial charge >= 0.3 is 0 Å². The summed E-state index contributed by atoms with van der Waals surface area (Å²) in [6.07, 6.45) is 9.27. The summed E-state index contributed by atoms with van der Waals surface area (Å²) in [4.78, 5) is 0. The average Bonchev–Trinajstić information content (AvgIpc) is 2.82. The van der Waals surface area contributed by atoms with Gasteiger partial charge in [-0.1, -0.05) is 12.8 Å². The van der Waals surface area contributed by atoms with Crippen molar-refractivity contribution in [2.45, 2.75) is 45.2 Å². The van der Waals surface area contributed by atoms with Gasteiger partial charge in [0.1, 0.15) is 0 Å². The Morgan fingerprint density at radius 2 is 2.27 bits per heavy atom. The van der Waals surface area contributed by atoms with Crippen LogP contribution in [0.15, 0.2) is 0 Å². The van der Waals surface area contributed by atoms with E-state index in [2.05, 4.69) is 18.2 Å². The summed E-state index contributed by atoms with van der Waals surface area (Å²) >= 11 is 0. The van der Waals surface area contributed by atoms with Crippen molar-refractivity contribution >= 4 is 0 Å². The molecule has 1 saturated carbocycles. The summed E-state index contributed by atoms with van der Waals surface area (Å²) < 4.78 is 0. The van der Waals surface area contributed by atoms with Gasteiger partial charge in [0.25, 0.3) is 0 Å². The Bertz CT molecular complexity index is 153. The summed E-state index contributed by atoms with van der Waals surface area (Å²) in [5.41, 5.74) is 0. The molecule has 1 rings (SSSR count). The molecular weight excluding hydrogens is 134 g/mol. The van der Waals surface area contributed by atoms with E-state index in [0.29, 0.717) is 6.04 Å². The third-order valence-corrected chi connectivity index (χ3v) is 2.34. The van der Waals surface area contributed by atoms with Gasteiger partial charge in [0.05, 0.1) is 6.04 Å². The van der Waals surface area contributed by atoms with Gasteiger partial charge in [0.15, 0.2) is 0 Å². The molecule has 1 aliphatic rings. The topological polar surface area (TPSA) is 12.0 Å². The van der Waals surface area contributed by atoms with Crippen LogP contribution in [0.4, 0.5) is 0 Å². The van der Waals surface area contributed by atoms with E-state index >= 15 is 0 Å². The predicted octanol–water partition coefficient (Wildman–Crippen LogP) is 1.79. The van der Waals surface area contributed by atoms with Crippen molar-refractivity contribution in [3.8, 4) is 12.3 Å². The van der Waals surface area contributed by atoms with Crippen molar-refractivity contribution in [3.05, 3.63) is 0 Å². The van der Waals surface area contributed by atoms with Crippen LogP contribution in [0.1, 0.15) is 33.1 Å². The molecule has 0 radical (unpaired) electrons. The van der Waals surface area contributed by atoms with Crippen LogP contribution in [0.25, 0.3) is 0 Å². The Balaban J connectivity index is 2.26. The van der Waals surface area contributed by atoms with E-state index in [1.807, 2.05) is 6.92 Å². The first kappa shape index (κ1) is 8.62. The zero-order valence-electron chi connectivity index (χ0n) is 7.43. The van der Waals surface area contributed by atoms with Gasteiger partial charge in [-0.3, -0.25) is 0 Å². The van der Waals surface area contributed by atoms with Crippen LogP contribution >= 0.6 is 0 Å². The predicted molar refractivity (Wildman–Crippen MR) is 48.2 cm³/mol. The monoisotopic (exact) mass is 151 g/mol. The van der Waals surface area contributed by atoms with Crippen LogP contribution < -0.4 is 5.32 Å². The summed E-state index contributed by atoms with van der Waals surface area (Å²) in [5, 5.41) is 3.44. The van der Waals surface area contributed by atoms with Gasteiger partial charge in [-0.25, -0.2) is 0 Å². The molecule has 11 heavy (non-hydrogen) atoms. The van der Waals surface area contributed by atoms with Crippen LogP contribution in [0.3, 0.4) is 0 Å². The Labute approximate surface area is 69.6 Å². The maximum atomic E-state index is 5.28. The molecule has 0 aromatic rings. The van der Waals surface area contributed by atoms with Crippen molar-refractivity contribution in [1.82, 2.24) is 5.32 Å². The van der Waals surface area contributed by atoms with E-state index in [9.17, 15) is 0 Å². The molecule has 0 saturated heterocycles. The number of rotatable bonds is 4. The number of hydrogen-bond donors (Lipinski definition) is 1. The maximum Gasteiger partial charge on any atom is 0.0660 e. The number of hydrogen-bond acceptors (Lipinski definition) is 1. The fraction of sp³-hybridized carbons (Fsp3) is 0.800. The van der Waals surface area contributed by atoms with Crippen molar-refractivity contribution < 1.29 is 0 Å². The lowest BCUT2D eigenvalue weighted by Crippen LogP contribution is -2.36. The molecule has 1 nitrogen and oxygen atoms in total. The first-order valence-corrected chi connectivity index (χ1v) is 4.50. The Morgan fingerprint density at radius 1 is 1.64 bits per heavy atom. The first-order valence-electron chi connectivity index (χ1n) is 4.50. The molecule has 0 aromatic carbocycles. The first-order chi connectivity index (χ1) is 5.27. The molecule has 0 amide bonds. The van der Waals surface area contributed by atoms with Crippen molar-refractivity contribution in [2.75, 3.05) is 0 Å². The SMILES string of the molecule is C#CC(C)NC(CC)C1CC1. The molecular formula is C10H17N. The normalized spacial score (nSPS) is 22.3. The summed E-state index contributed by atoms with van der Waals surface area (Å²) in [6.45, 7) is 4.27. The lowest BCUT2D eigenvalue weighted by molar-refractivity contribution is 0.434. The van der Waals surface area contributed by atoms with Crippen molar-refractivity contribution in [1.29, 1.82) is 0 Å². The van der Waals surface area contributed by atoms with Gasteiger partial charge in [-0.05, 0) is 32.1 Å². The summed E-state index contributed by atoms with van der Waals surface area (Å²) in [7, 11) is 0. The van der Waals surface area contributed by atoms with Gasteiger partial charge in [-0.15, -0.1) is 6.42 Å². The molecule has 0 spiro atoms. The summed E-state index contributed by atoms with van der Waals surface area (Å²) in [6, 6.07) is 0.904. The highest BCUT2D eigenvalue weighted by Crippen LogP contribution is 2.33. The minimum absolute atomic E-state index is 0.237. The standard InChI is InChI=1S/C10H17N/c1-4-8(3)11-10(5-2)9-6-7-9/h1,8-11H,5-7H2,2-3H3. The molecule has 0 aromatic heterocycles. The lowest BCUT2D eigenvalue weighted by atomic mass is 10.1. The minimum atomic E-state index is 0.237. The second kappa shape index (κ2) is 3.78. The molecule has 1 aliphatic carbocycles. The van der Waals surface area contributed by atoms with Gasteiger partial charge in [-0.2, -0.15) is 0 Å². The van der Waals surface area contributed by atoms with E-state index < -0.39 is 0 Å². The van der Waals surface area contributed by atoms with E-state index in [4.69, 9.17) is 6.42 Å². The zero-order valence-corrected chi connectivity index (χ0v) is 7.43. The molecule has 1 fully saturated rings. The molecule has 2 unspecified atom stereocenters. The fourth-order valence-corrected chi connectivity index (χ4v) is 1.46. The Kier molecular flexibility index (Phi) is 2.96. The molecule has 1 N–H and O–H groups in total. The average molecular weight is 151 g/mol. The van der Waals surface area contributed by atoms with Crippen molar-refractivity contribution in [3.63, 3.8) is 0 Å². The Hall–Kier alpha value is -0.480. The van der Waals surface area contributed by atoms with Gasteiger partial charge in [0.2, 0.25) is 0 Å². The van der Waals surface area contributed by atoms with E-state index in [1.165, 1.54) is 19.3 Å². The molecule has 62 valence electrons. The maximum absolute atomic E-state index is 5.28. The van der Waals surface area contributed by atoms with E-state index in [1.54, 1.807) is 0 Å². The van der Waals surface area contributed by atoms with E-state index in [0.717, 1.165) is 5.92 Å². The molecule has 0 bridgehead atoms. The van der Waals surface area contributed by atoms with Crippen LogP contribution in [-0.2, 0) is 0 Å². The van der Waals surface area contributed by atoms with Crippen LogP contribution in [0, 0.1) is 18.3 Å². The minimum Gasteiger partial charge on any atom is -0.301 e. The third kappa shape index (κ3) is 2.55. The molecule has 2 atom stereocenters. The van der Waals surface area contributed by atoms with Gasteiger partial charge in [0, 0.05) is 6.04 Å². The largest absolute Gasteiger partial charge is 0.301 e.